The minimum atomic E-state index is -0.0400. The molecule has 39 heavy (non-hydrogen) atoms. The average molecular weight is 547 g/mol. The predicted octanol–water partition coefficient (Wildman–Crippen LogP) is 3.29. The maximum absolute atomic E-state index is 12.0. The fraction of sp³-hybridized carbons (Fsp3) is 0.379. The topological polar surface area (TPSA) is 102 Å². The molecule has 1 aliphatic rings. The summed E-state index contributed by atoms with van der Waals surface area (Å²) in [6, 6.07) is 16.6. The van der Waals surface area contributed by atoms with Crippen LogP contribution in [-0.2, 0) is 26.3 Å². The number of nitrogens with two attached hydrogens (primary N) is 1. The molecule has 0 unspecified atom stereocenters. The SMILES string of the molecule is Cn1n[n+](-c2ccc(-c3nc(CCc4ccccc4)cs3)c(OCCN3CCNC3=O)c2)cc1CCCCN. The third-order valence-corrected chi connectivity index (χ3v) is 7.82. The zero-order chi connectivity index (χ0) is 27.0. The molecule has 204 valence electrons. The van der Waals surface area contributed by atoms with E-state index in [4.69, 9.17) is 15.5 Å². The molecule has 1 saturated heterocycles. The maximum atomic E-state index is 12.0. The van der Waals surface area contributed by atoms with E-state index >= 15 is 0 Å². The summed E-state index contributed by atoms with van der Waals surface area (Å²) < 4.78 is 10.1. The summed E-state index contributed by atoms with van der Waals surface area (Å²) in [4.78, 5) is 18.7. The van der Waals surface area contributed by atoms with E-state index in [-0.39, 0.29) is 6.03 Å². The van der Waals surface area contributed by atoms with E-state index in [2.05, 4.69) is 58.5 Å². The number of thiazole rings is 1. The summed E-state index contributed by atoms with van der Waals surface area (Å²) in [7, 11) is 1.97. The first kappa shape index (κ1) is 26.8. The zero-order valence-electron chi connectivity index (χ0n) is 22.4. The van der Waals surface area contributed by atoms with Crippen LogP contribution in [0.1, 0.15) is 29.8 Å². The quantitative estimate of drug-likeness (QED) is 0.198. The van der Waals surface area contributed by atoms with Crippen molar-refractivity contribution in [1.82, 2.24) is 25.1 Å². The maximum Gasteiger partial charge on any atom is 0.317 e. The lowest BCUT2D eigenvalue weighted by Crippen LogP contribution is -2.33. The van der Waals surface area contributed by atoms with Crippen LogP contribution in [0.15, 0.2) is 60.1 Å². The van der Waals surface area contributed by atoms with Crippen LogP contribution >= 0.6 is 11.3 Å². The van der Waals surface area contributed by atoms with Crippen LogP contribution in [0, 0.1) is 0 Å². The van der Waals surface area contributed by atoms with Crippen molar-refractivity contribution in [3.63, 3.8) is 0 Å². The largest absolute Gasteiger partial charge is 0.491 e. The zero-order valence-corrected chi connectivity index (χ0v) is 23.2. The lowest BCUT2D eigenvalue weighted by molar-refractivity contribution is -0.661. The number of unbranched alkanes of at least 4 members (excludes halogenated alkanes) is 1. The highest BCUT2D eigenvalue weighted by Crippen LogP contribution is 2.34. The summed E-state index contributed by atoms with van der Waals surface area (Å²) in [6.07, 6.45) is 6.86. The molecule has 0 spiro atoms. The molecular weight excluding hydrogens is 510 g/mol. The highest BCUT2D eigenvalue weighted by atomic mass is 32.1. The molecule has 2 aromatic heterocycles. The number of nitrogens with one attached hydrogen (secondary N) is 1. The van der Waals surface area contributed by atoms with Gasteiger partial charge in [-0.1, -0.05) is 30.3 Å². The Morgan fingerprint density at radius 1 is 1.13 bits per heavy atom. The smallest absolute Gasteiger partial charge is 0.317 e. The van der Waals surface area contributed by atoms with E-state index in [1.165, 1.54) is 5.56 Å². The van der Waals surface area contributed by atoms with Gasteiger partial charge >= 0.3 is 6.03 Å². The summed E-state index contributed by atoms with van der Waals surface area (Å²) >= 11 is 1.63. The van der Waals surface area contributed by atoms with Gasteiger partial charge in [0, 0.05) is 31.0 Å². The number of urea groups is 1. The number of rotatable bonds is 13. The molecule has 0 radical (unpaired) electrons. The third-order valence-electron chi connectivity index (χ3n) is 6.89. The van der Waals surface area contributed by atoms with Crippen LogP contribution in [0.4, 0.5) is 4.79 Å². The van der Waals surface area contributed by atoms with Crippen molar-refractivity contribution in [2.75, 3.05) is 32.8 Å². The fourth-order valence-electron chi connectivity index (χ4n) is 4.66. The molecule has 10 heteroatoms. The molecule has 1 aliphatic heterocycles. The average Bonchev–Trinajstić information content (AvgIpc) is 3.69. The number of hydrogen-bond acceptors (Lipinski definition) is 6. The second-order valence-electron chi connectivity index (χ2n) is 9.70. The normalized spacial score (nSPS) is 13.2. The Morgan fingerprint density at radius 3 is 2.79 bits per heavy atom. The van der Waals surface area contributed by atoms with Gasteiger partial charge in [-0.15, -0.1) is 20.7 Å². The second-order valence-corrected chi connectivity index (χ2v) is 10.6. The van der Waals surface area contributed by atoms with Crippen molar-refractivity contribution in [1.29, 1.82) is 0 Å². The molecule has 1 fully saturated rings. The number of hydrogen-bond donors (Lipinski definition) is 2. The Morgan fingerprint density at radius 2 is 2.00 bits per heavy atom. The molecule has 0 aliphatic carbocycles. The van der Waals surface area contributed by atoms with E-state index in [1.54, 1.807) is 16.2 Å². The first-order valence-corrected chi connectivity index (χ1v) is 14.4. The fourth-order valence-corrected chi connectivity index (χ4v) is 5.54. The number of aromatic nitrogens is 4. The number of carbonyl (C=O) groups is 1. The second kappa shape index (κ2) is 12.9. The van der Waals surface area contributed by atoms with Crippen LogP contribution in [0.5, 0.6) is 5.75 Å². The molecule has 4 aromatic rings. The van der Waals surface area contributed by atoms with Gasteiger partial charge in [0.1, 0.15) is 24.4 Å². The van der Waals surface area contributed by atoms with Crippen molar-refractivity contribution < 1.29 is 14.2 Å². The van der Waals surface area contributed by atoms with Crippen LogP contribution in [0.25, 0.3) is 16.3 Å². The number of amides is 2. The highest BCUT2D eigenvalue weighted by molar-refractivity contribution is 7.13. The monoisotopic (exact) mass is 546 g/mol. The molecular formula is C29H36N7O2S+. The van der Waals surface area contributed by atoms with Crippen molar-refractivity contribution in [2.45, 2.75) is 32.1 Å². The number of benzene rings is 2. The van der Waals surface area contributed by atoms with Gasteiger partial charge in [0.05, 0.1) is 23.0 Å². The summed E-state index contributed by atoms with van der Waals surface area (Å²) in [5.74, 6) is 0.735. The van der Waals surface area contributed by atoms with Gasteiger partial charge in [-0.05, 0) is 49.9 Å². The van der Waals surface area contributed by atoms with E-state index in [1.807, 2.05) is 28.5 Å². The van der Waals surface area contributed by atoms with Crippen molar-refractivity contribution in [2.24, 2.45) is 12.8 Å². The summed E-state index contributed by atoms with van der Waals surface area (Å²) in [5, 5.41) is 10.6. The molecule has 5 rings (SSSR count). The molecule has 3 heterocycles. The van der Waals surface area contributed by atoms with Crippen LogP contribution in [0.3, 0.4) is 0 Å². The molecule has 0 saturated carbocycles. The number of aryl methyl sites for hydroxylation is 4. The lowest BCUT2D eigenvalue weighted by Gasteiger charge is -2.16. The molecule has 0 atom stereocenters. The first-order valence-electron chi connectivity index (χ1n) is 13.5. The Bertz CT molecular complexity index is 1390. The van der Waals surface area contributed by atoms with Crippen molar-refractivity contribution in [3.8, 4) is 22.0 Å². The van der Waals surface area contributed by atoms with Crippen LogP contribution < -0.4 is 20.5 Å². The standard InChI is InChI=1S/C29H35N7O2S/c1-34-25(9-5-6-14-30)20-36(33-34)24-12-13-26(27(19-24)38-18-17-35-16-15-31-29(35)37)28-32-23(21-39-28)11-10-22-7-3-2-4-8-22/h2-4,7-8,12-13,19-21H,5-6,9-11,14-18,30H2,1H3/p+1. The van der Waals surface area contributed by atoms with Gasteiger partial charge in [0.25, 0.3) is 0 Å². The Labute approximate surface area is 233 Å². The van der Waals surface area contributed by atoms with Crippen molar-refractivity contribution in [3.05, 3.63) is 77.1 Å². The van der Waals surface area contributed by atoms with E-state index in [9.17, 15) is 4.79 Å². The Hall–Kier alpha value is -3.76. The van der Waals surface area contributed by atoms with Gasteiger partial charge in [0.15, 0.2) is 17.6 Å². The Kier molecular flexibility index (Phi) is 8.85. The van der Waals surface area contributed by atoms with E-state index in [0.29, 0.717) is 32.8 Å². The predicted molar refractivity (Wildman–Crippen MR) is 152 cm³/mol. The molecule has 2 aromatic carbocycles. The lowest BCUT2D eigenvalue weighted by atomic mass is 10.1. The van der Waals surface area contributed by atoms with Crippen molar-refractivity contribution >= 4 is 17.4 Å². The van der Waals surface area contributed by atoms with Gasteiger partial charge in [-0.3, -0.25) is 0 Å². The summed E-state index contributed by atoms with van der Waals surface area (Å²) in [5.41, 5.74) is 11.1. The summed E-state index contributed by atoms with van der Waals surface area (Å²) in [6.45, 7) is 2.99. The van der Waals surface area contributed by atoms with Gasteiger partial charge in [-0.25, -0.2) is 9.78 Å². The molecule has 3 N–H and O–H groups in total. The minimum Gasteiger partial charge on any atom is -0.491 e. The Balaban J connectivity index is 1.36. The van der Waals surface area contributed by atoms with Crippen LogP contribution in [-0.4, -0.2) is 58.6 Å². The highest BCUT2D eigenvalue weighted by Gasteiger charge is 2.21. The third kappa shape index (κ3) is 6.82. The number of ether oxygens (including phenoxy) is 1. The molecule has 9 nitrogen and oxygen atoms in total. The molecule has 0 bridgehead atoms. The number of carbonyl (C=O) groups excluding carboxylic acids is 1. The van der Waals surface area contributed by atoms with Crippen LogP contribution in [0.2, 0.25) is 0 Å². The molecule has 2 amide bonds. The van der Waals surface area contributed by atoms with Gasteiger partial charge in [-0.2, -0.15) is 0 Å². The van der Waals surface area contributed by atoms with Gasteiger partial charge < -0.3 is 20.7 Å². The minimum absolute atomic E-state index is 0.0400. The first-order chi connectivity index (χ1) is 19.1. The van der Waals surface area contributed by atoms with E-state index in [0.717, 1.165) is 65.5 Å². The van der Waals surface area contributed by atoms with Gasteiger partial charge in [0.2, 0.25) is 0 Å². The number of nitrogens with zero attached hydrogens (tertiary/aromatic N) is 5. The van der Waals surface area contributed by atoms with E-state index < -0.39 is 0 Å².